The van der Waals surface area contributed by atoms with Gasteiger partial charge in [-0.15, -0.1) is 0 Å². The minimum Gasteiger partial charge on any atom is -0.508 e. The van der Waals surface area contributed by atoms with Crippen molar-refractivity contribution in [1.82, 2.24) is 0 Å². The summed E-state index contributed by atoms with van der Waals surface area (Å²) in [5.41, 5.74) is -0.865. The molecule has 8 N–H and O–H groups in total. The fourth-order valence-electron chi connectivity index (χ4n) is 4.71. The molecule has 0 amide bonds. The van der Waals surface area contributed by atoms with Crippen molar-refractivity contribution in [2.24, 2.45) is 0 Å². The number of hydrogen-bond acceptors (Lipinski definition) is 14. The molecular formula is C27H30O14. The molecule has 0 aliphatic carbocycles. The van der Waals surface area contributed by atoms with Gasteiger partial charge in [-0.3, -0.25) is 4.79 Å². The molecule has 10 atom stereocenters. The lowest BCUT2D eigenvalue weighted by Gasteiger charge is -2.39. The molecule has 3 heterocycles. The van der Waals surface area contributed by atoms with E-state index in [-0.39, 0.29) is 33.8 Å². The summed E-state index contributed by atoms with van der Waals surface area (Å²) in [5, 5.41) is 81.1. The quantitative estimate of drug-likeness (QED) is 0.187. The van der Waals surface area contributed by atoms with Gasteiger partial charge in [0.15, 0.2) is 5.76 Å². The molecule has 0 radical (unpaired) electrons. The second kappa shape index (κ2) is 11.1. The van der Waals surface area contributed by atoms with E-state index in [4.69, 9.17) is 23.4 Å². The second-order valence-corrected chi connectivity index (χ2v) is 10.1. The molecule has 2 aliphatic rings. The normalized spacial score (nSPS) is 34.0. The van der Waals surface area contributed by atoms with E-state index in [0.29, 0.717) is 0 Å². The predicted octanol–water partition coefficient (Wildman–Crippen LogP) is -0.716. The van der Waals surface area contributed by atoms with Crippen LogP contribution < -0.4 is 14.9 Å². The van der Waals surface area contributed by atoms with E-state index in [2.05, 4.69) is 0 Å². The molecule has 41 heavy (non-hydrogen) atoms. The van der Waals surface area contributed by atoms with Gasteiger partial charge >= 0.3 is 0 Å². The topological polar surface area (TPSA) is 229 Å². The molecule has 1 aromatic heterocycles. The molecule has 0 bridgehead atoms. The molecule has 2 fully saturated rings. The van der Waals surface area contributed by atoms with Crippen LogP contribution in [-0.4, -0.2) is 102 Å². The van der Waals surface area contributed by atoms with E-state index in [9.17, 15) is 45.6 Å². The molecule has 3 aromatic rings. The van der Waals surface area contributed by atoms with Gasteiger partial charge in [0, 0.05) is 17.7 Å². The molecular weight excluding hydrogens is 548 g/mol. The van der Waals surface area contributed by atoms with Crippen LogP contribution in [0.25, 0.3) is 22.3 Å². The highest BCUT2D eigenvalue weighted by Crippen LogP contribution is 2.38. The zero-order valence-corrected chi connectivity index (χ0v) is 21.8. The smallest absolute Gasteiger partial charge is 0.239 e. The van der Waals surface area contributed by atoms with Crippen LogP contribution in [0.4, 0.5) is 0 Å². The van der Waals surface area contributed by atoms with Gasteiger partial charge in [0.1, 0.15) is 64.8 Å². The van der Waals surface area contributed by atoms with Crippen LogP contribution in [0.5, 0.6) is 23.0 Å². The minimum absolute atomic E-state index is 0.0859. The number of rotatable bonds is 5. The van der Waals surface area contributed by atoms with Crippen molar-refractivity contribution in [1.29, 1.82) is 0 Å². The van der Waals surface area contributed by atoms with Crippen LogP contribution in [0.2, 0.25) is 0 Å². The van der Waals surface area contributed by atoms with E-state index in [1.807, 2.05) is 0 Å². The van der Waals surface area contributed by atoms with Crippen LogP contribution in [0, 0.1) is 0 Å². The Bertz CT molecular complexity index is 1460. The molecule has 2 saturated heterocycles. The molecule has 14 heteroatoms. The molecule has 2 aromatic carbocycles. The third-order valence-corrected chi connectivity index (χ3v) is 7.14. The largest absolute Gasteiger partial charge is 0.508 e. The fraction of sp³-hybridized carbons (Fsp3) is 0.444. The van der Waals surface area contributed by atoms with E-state index in [1.165, 1.54) is 44.2 Å². The van der Waals surface area contributed by atoms with E-state index >= 15 is 0 Å². The maximum atomic E-state index is 13.7. The summed E-state index contributed by atoms with van der Waals surface area (Å²) in [5.74, 6) is -1.55. The number of phenols is 2. The zero-order valence-electron chi connectivity index (χ0n) is 21.8. The highest BCUT2D eigenvalue weighted by atomic mass is 16.7. The number of hydrogen-bond donors (Lipinski definition) is 8. The van der Waals surface area contributed by atoms with Crippen molar-refractivity contribution in [3.8, 4) is 34.3 Å². The number of fused-ring (bicyclic) bond motifs is 1. The van der Waals surface area contributed by atoms with Crippen molar-refractivity contribution in [2.45, 2.75) is 75.3 Å². The summed E-state index contributed by atoms with van der Waals surface area (Å²) in [7, 11) is 0. The Morgan fingerprint density at radius 3 is 1.80 bits per heavy atom. The lowest BCUT2D eigenvalue weighted by molar-refractivity contribution is -0.268. The summed E-state index contributed by atoms with van der Waals surface area (Å²) >= 11 is 0. The Kier molecular flexibility index (Phi) is 7.84. The Hall–Kier alpha value is -3.47. The molecule has 0 spiro atoms. The number of aliphatic hydroxyl groups excluding tert-OH is 6. The SMILES string of the molecule is C[C@@H]1O[C@@H](Oc2c(-c3ccc(O)cc3)oc3cc(O[C@@H]4O[C@@H](C)[C@H](O)[C@@H](O)[C@@H]4O)cc(O)c3c2=O)[C@H](O)[C@H](O)[C@H]1O. The first-order chi connectivity index (χ1) is 19.4. The van der Waals surface area contributed by atoms with Crippen LogP contribution in [0.1, 0.15) is 13.8 Å². The Morgan fingerprint density at radius 1 is 0.707 bits per heavy atom. The van der Waals surface area contributed by atoms with Crippen molar-refractivity contribution < 1.29 is 64.2 Å². The molecule has 0 saturated carbocycles. The molecule has 0 unspecified atom stereocenters. The average molecular weight is 579 g/mol. The van der Waals surface area contributed by atoms with Gasteiger partial charge in [0.05, 0.1) is 12.2 Å². The average Bonchev–Trinajstić information content (AvgIpc) is 2.93. The summed E-state index contributed by atoms with van der Waals surface area (Å²) in [4.78, 5) is 13.7. The summed E-state index contributed by atoms with van der Waals surface area (Å²) < 4.78 is 28.2. The summed E-state index contributed by atoms with van der Waals surface area (Å²) in [6, 6.07) is 7.71. The second-order valence-electron chi connectivity index (χ2n) is 10.1. The van der Waals surface area contributed by atoms with E-state index in [1.54, 1.807) is 0 Å². The summed E-state index contributed by atoms with van der Waals surface area (Å²) in [6.45, 7) is 2.90. The van der Waals surface area contributed by atoms with Crippen molar-refractivity contribution in [3.63, 3.8) is 0 Å². The van der Waals surface area contributed by atoms with Gasteiger partial charge in [0.2, 0.25) is 23.8 Å². The Balaban J connectivity index is 1.58. The number of phenolic OH excluding ortho intramolecular Hbond substituents is 2. The lowest BCUT2D eigenvalue weighted by Crippen LogP contribution is -2.58. The first-order valence-corrected chi connectivity index (χ1v) is 12.7. The fourth-order valence-corrected chi connectivity index (χ4v) is 4.71. The van der Waals surface area contributed by atoms with Crippen LogP contribution in [-0.2, 0) is 9.47 Å². The Morgan fingerprint density at radius 2 is 1.24 bits per heavy atom. The van der Waals surface area contributed by atoms with E-state index < -0.39 is 78.3 Å². The Labute approximate surface area is 231 Å². The number of aliphatic hydroxyl groups is 6. The highest BCUT2D eigenvalue weighted by Gasteiger charge is 2.45. The molecule has 14 nitrogen and oxygen atoms in total. The third-order valence-electron chi connectivity index (χ3n) is 7.14. The van der Waals surface area contributed by atoms with Gasteiger partial charge in [-0.25, -0.2) is 0 Å². The highest BCUT2D eigenvalue weighted by molar-refractivity contribution is 5.88. The van der Waals surface area contributed by atoms with Gasteiger partial charge in [-0.2, -0.15) is 0 Å². The predicted molar refractivity (Wildman–Crippen MR) is 137 cm³/mol. The maximum Gasteiger partial charge on any atom is 0.239 e. The molecule has 2 aliphatic heterocycles. The first-order valence-electron chi connectivity index (χ1n) is 12.7. The monoisotopic (exact) mass is 578 g/mol. The van der Waals surface area contributed by atoms with Crippen LogP contribution in [0.3, 0.4) is 0 Å². The van der Waals surface area contributed by atoms with Gasteiger partial charge in [-0.1, -0.05) is 0 Å². The van der Waals surface area contributed by atoms with Gasteiger partial charge < -0.3 is 64.2 Å². The van der Waals surface area contributed by atoms with Crippen molar-refractivity contribution >= 4 is 11.0 Å². The first kappa shape index (κ1) is 29.0. The van der Waals surface area contributed by atoms with Gasteiger partial charge in [0.25, 0.3) is 0 Å². The lowest BCUT2D eigenvalue weighted by atomic mass is 10.00. The van der Waals surface area contributed by atoms with Crippen molar-refractivity contribution in [3.05, 3.63) is 46.6 Å². The number of ether oxygens (including phenoxy) is 4. The van der Waals surface area contributed by atoms with E-state index in [0.717, 1.165) is 6.07 Å². The standard InChI is InChI=1S/C27H30O14/c1-9-17(30)20(33)22(35)26(37-9)39-13-7-14(29)16-15(8-13)40-24(11-3-5-12(28)6-4-11)25(19(16)32)41-27-23(36)21(34)18(31)10(2)38-27/h3-10,17-18,20-23,26-31,33-36H,1-2H3/t9-,10-,17-,18-,20+,21+,22-,23+,26-,27-/m0/s1. The van der Waals surface area contributed by atoms with Crippen molar-refractivity contribution in [2.75, 3.05) is 0 Å². The van der Waals surface area contributed by atoms with Crippen LogP contribution in [0.15, 0.2) is 45.6 Å². The number of benzene rings is 2. The third kappa shape index (κ3) is 5.31. The zero-order chi connectivity index (χ0) is 29.7. The number of aromatic hydroxyl groups is 2. The molecule has 222 valence electrons. The van der Waals surface area contributed by atoms with Crippen LogP contribution >= 0.6 is 0 Å². The maximum absolute atomic E-state index is 13.7. The molecule has 5 rings (SSSR count). The van der Waals surface area contributed by atoms with Gasteiger partial charge in [-0.05, 0) is 38.1 Å². The summed E-state index contributed by atoms with van der Waals surface area (Å²) in [6.07, 6.45) is -14.3. The minimum atomic E-state index is -1.76.